The van der Waals surface area contributed by atoms with Crippen LogP contribution in [0.3, 0.4) is 0 Å². The molecule has 0 bridgehead atoms. The standard InChI is InChI=1S/C7H11NS.C2H6/c1-2-6-3-4-8-5-7(6)9;1-2/h2,8-9H,1,3-5H2;1-2H3. The fourth-order valence-corrected chi connectivity index (χ4v) is 1.22. The first-order valence-electron chi connectivity index (χ1n) is 4.08. The van der Waals surface area contributed by atoms with Crippen LogP contribution in [0, 0.1) is 0 Å². The third-order valence-corrected chi connectivity index (χ3v) is 1.93. The molecule has 1 nitrogen and oxygen atoms in total. The van der Waals surface area contributed by atoms with Gasteiger partial charge in [-0.25, -0.2) is 0 Å². The van der Waals surface area contributed by atoms with Gasteiger partial charge < -0.3 is 5.32 Å². The largest absolute Gasteiger partial charge is 0.312 e. The Balaban J connectivity index is 0.000000461. The zero-order valence-electron chi connectivity index (χ0n) is 7.35. The zero-order valence-corrected chi connectivity index (χ0v) is 8.25. The number of hydrogen-bond acceptors (Lipinski definition) is 2. The first kappa shape index (κ1) is 10.8. The minimum absolute atomic E-state index is 0.907. The molecule has 11 heavy (non-hydrogen) atoms. The van der Waals surface area contributed by atoms with Crippen LogP contribution in [0.25, 0.3) is 0 Å². The van der Waals surface area contributed by atoms with Gasteiger partial charge in [0, 0.05) is 6.54 Å². The Morgan fingerprint density at radius 2 is 2.18 bits per heavy atom. The maximum Gasteiger partial charge on any atom is 0.0265 e. The van der Waals surface area contributed by atoms with Crippen molar-refractivity contribution >= 4 is 12.6 Å². The number of nitrogens with one attached hydrogen (secondary N) is 1. The predicted molar refractivity (Wildman–Crippen MR) is 55.0 cm³/mol. The molecule has 0 unspecified atom stereocenters. The second-order valence-corrected chi connectivity index (χ2v) is 2.64. The first-order valence-corrected chi connectivity index (χ1v) is 4.53. The molecule has 0 aliphatic carbocycles. The molecule has 0 fully saturated rings. The van der Waals surface area contributed by atoms with Crippen LogP contribution in [0.15, 0.2) is 23.1 Å². The molecule has 0 amide bonds. The SMILES string of the molecule is C=CC1=C(S)CNCC1.CC. The van der Waals surface area contributed by atoms with Crippen LogP contribution in [0.2, 0.25) is 0 Å². The summed E-state index contributed by atoms with van der Waals surface area (Å²) >= 11 is 4.28. The van der Waals surface area contributed by atoms with E-state index in [0.717, 1.165) is 24.4 Å². The fraction of sp³-hybridized carbons (Fsp3) is 0.556. The van der Waals surface area contributed by atoms with Crippen molar-refractivity contribution in [2.45, 2.75) is 20.3 Å². The molecule has 1 aliphatic heterocycles. The van der Waals surface area contributed by atoms with Crippen LogP contribution in [-0.2, 0) is 0 Å². The van der Waals surface area contributed by atoms with Crippen molar-refractivity contribution in [1.82, 2.24) is 5.32 Å². The fourth-order valence-electron chi connectivity index (χ4n) is 0.908. The van der Waals surface area contributed by atoms with E-state index >= 15 is 0 Å². The quantitative estimate of drug-likeness (QED) is 0.577. The van der Waals surface area contributed by atoms with Gasteiger partial charge in [-0.1, -0.05) is 26.5 Å². The molecule has 2 heteroatoms. The molecule has 0 aromatic rings. The number of hydrogen-bond donors (Lipinski definition) is 2. The summed E-state index contributed by atoms with van der Waals surface area (Å²) in [5.41, 5.74) is 1.29. The summed E-state index contributed by atoms with van der Waals surface area (Å²) in [5, 5.41) is 3.22. The Hall–Kier alpha value is -0.210. The third kappa shape index (κ3) is 3.63. The van der Waals surface area contributed by atoms with Crippen molar-refractivity contribution in [1.29, 1.82) is 0 Å². The molecule has 0 radical (unpaired) electrons. The molecular formula is C9H17NS. The number of allylic oxidation sites excluding steroid dienone is 1. The van der Waals surface area contributed by atoms with Crippen molar-refractivity contribution in [3.05, 3.63) is 23.1 Å². The van der Waals surface area contributed by atoms with E-state index in [1.165, 1.54) is 5.57 Å². The molecule has 0 aromatic carbocycles. The van der Waals surface area contributed by atoms with Gasteiger partial charge in [0.15, 0.2) is 0 Å². The van der Waals surface area contributed by atoms with Crippen molar-refractivity contribution in [2.24, 2.45) is 0 Å². The lowest BCUT2D eigenvalue weighted by atomic mass is 10.1. The number of thiol groups is 1. The van der Waals surface area contributed by atoms with E-state index in [1.807, 2.05) is 19.9 Å². The van der Waals surface area contributed by atoms with E-state index in [4.69, 9.17) is 0 Å². The van der Waals surface area contributed by atoms with Crippen LogP contribution < -0.4 is 5.32 Å². The van der Waals surface area contributed by atoms with Crippen molar-refractivity contribution in [2.75, 3.05) is 13.1 Å². The van der Waals surface area contributed by atoms with E-state index in [2.05, 4.69) is 24.5 Å². The molecule has 64 valence electrons. The van der Waals surface area contributed by atoms with Gasteiger partial charge in [0.05, 0.1) is 0 Å². The third-order valence-electron chi connectivity index (χ3n) is 1.48. The lowest BCUT2D eigenvalue weighted by Crippen LogP contribution is -2.22. The van der Waals surface area contributed by atoms with E-state index in [9.17, 15) is 0 Å². The average Bonchev–Trinajstić information content (AvgIpc) is 2.09. The highest BCUT2D eigenvalue weighted by molar-refractivity contribution is 7.84. The molecule has 0 aromatic heterocycles. The first-order chi connectivity index (χ1) is 5.34. The van der Waals surface area contributed by atoms with Crippen LogP contribution in [0.5, 0.6) is 0 Å². The van der Waals surface area contributed by atoms with Crippen LogP contribution in [-0.4, -0.2) is 13.1 Å². The zero-order chi connectivity index (χ0) is 8.69. The second-order valence-electron chi connectivity index (χ2n) is 2.10. The van der Waals surface area contributed by atoms with Gasteiger partial charge in [-0.3, -0.25) is 0 Å². The molecular weight excluding hydrogens is 154 g/mol. The molecule has 1 aliphatic rings. The van der Waals surface area contributed by atoms with Gasteiger partial charge >= 0.3 is 0 Å². The minimum atomic E-state index is 0.907. The summed E-state index contributed by atoms with van der Waals surface area (Å²) < 4.78 is 0. The number of rotatable bonds is 1. The Bertz CT molecular complexity index is 150. The molecule has 0 saturated carbocycles. The summed E-state index contributed by atoms with van der Waals surface area (Å²) in [6.07, 6.45) is 2.96. The normalized spacial score (nSPS) is 17.0. The van der Waals surface area contributed by atoms with E-state index < -0.39 is 0 Å². The van der Waals surface area contributed by atoms with Crippen molar-refractivity contribution < 1.29 is 0 Å². The van der Waals surface area contributed by atoms with Crippen LogP contribution in [0.4, 0.5) is 0 Å². The molecule has 0 spiro atoms. The highest BCUT2D eigenvalue weighted by atomic mass is 32.1. The summed E-state index contributed by atoms with van der Waals surface area (Å²) in [6.45, 7) is 9.67. The highest BCUT2D eigenvalue weighted by Gasteiger charge is 2.04. The van der Waals surface area contributed by atoms with Gasteiger partial charge in [0.2, 0.25) is 0 Å². The monoisotopic (exact) mass is 171 g/mol. The summed E-state index contributed by atoms with van der Waals surface area (Å²) in [4.78, 5) is 1.14. The molecule has 1 N–H and O–H groups in total. The Morgan fingerprint density at radius 3 is 2.55 bits per heavy atom. The van der Waals surface area contributed by atoms with Gasteiger partial charge in [0.1, 0.15) is 0 Å². The van der Waals surface area contributed by atoms with Crippen LogP contribution in [0.1, 0.15) is 20.3 Å². The maximum absolute atomic E-state index is 4.28. The van der Waals surface area contributed by atoms with Crippen LogP contribution >= 0.6 is 12.6 Å². The minimum Gasteiger partial charge on any atom is -0.312 e. The molecule has 1 rings (SSSR count). The summed E-state index contributed by atoms with van der Waals surface area (Å²) in [5.74, 6) is 0. The lowest BCUT2D eigenvalue weighted by molar-refractivity contribution is 0.707. The highest BCUT2D eigenvalue weighted by Crippen LogP contribution is 2.15. The predicted octanol–water partition coefficient (Wildman–Crippen LogP) is 2.38. The Morgan fingerprint density at radius 1 is 1.55 bits per heavy atom. The Kier molecular flexibility index (Phi) is 6.37. The van der Waals surface area contributed by atoms with Gasteiger partial charge in [0.25, 0.3) is 0 Å². The average molecular weight is 171 g/mol. The van der Waals surface area contributed by atoms with Crippen molar-refractivity contribution in [3.63, 3.8) is 0 Å². The van der Waals surface area contributed by atoms with Crippen molar-refractivity contribution in [3.8, 4) is 0 Å². The lowest BCUT2D eigenvalue weighted by Gasteiger charge is -2.14. The van der Waals surface area contributed by atoms with Gasteiger partial charge in [-0.15, -0.1) is 12.6 Å². The molecule has 0 atom stereocenters. The van der Waals surface area contributed by atoms with Gasteiger partial charge in [-0.2, -0.15) is 0 Å². The summed E-state index contributed by atoms with van der Waals surface area (Å²) in [7, 11) is 0. The smallest absolute Gasteiger partial charge is 0.0265 e. The Labute approximate surface area is 75.0 Å². The summed E-state index contributed by atoms with van der Waals surface area (Å²) in [6, 6.07) is 0. The topological polar surface area (TPSA) is 12.0 Å². The van der Waals surface area contributed by atoms with Gasteiger partial charge in [-0.05, 0) is 23.4 Å². The van der Waals surface area contributed by atoms with E-state index in [0.29, 0.717) is 0 Å². The maximum atomic E-state index is 4.28. The molecule has 0 saturated heterocycles. The molecule has 1 heterocycles. The van der Waals surface area contributed by atoms with E-state index in [1.54, 1.807) is 0 Å². The second kappa shape index (κ2) is 6.50. The van der Waals surface area contributed by atoms with E-state index in [-0.39, 0.29) is 0 Å².